The number of methoxy groups -OCH3 is 1. The number of sulfonamides is 1. The summed E-state index contributed by atoms with van der Waals surface area (Å²) in [6.45, 7) is 7.58. The molecule has 2 atom stereocenters. The molecule has 3 rings (SSSR count). The molecule has 0 saturated heterocycles. The predicted octanol–water partition coefficient (Wildman–Crippen LogP) is 3.34. The van der Waals surface area contributed by atoms with Crippen LogP contribution >= 0.6 is 0 Å². The lowest BCUT2D eigenvalue weighted by molar-refractivity contribution is -0.140. The van der Waals surface area contributed by atoms with Crippen LogP contribution in [-0.4, -0.2) is 69.8 Å². The Morgan fingerprint density at radius 2 is 1.74 bits per heavy atom. The maximum absolute atomic E-state index is 13.9. The third-order valence-electron chi connectivity index (χ3n) is 6.67. The molecule has 0 saturated carbocycles. The van der Waals surface area contributed by atoms with E-state index in [9.17, 15) is 18.0 Å². The van der Waals surface area contributed by atoms with E-state index in [2.05, 4.69) is 5.32 Å². The lowest BCUT2D eigenvalue weighted by Crippen LogP contribution is -2.53. The van der Waals surface area contributed by atoms with Crippen LogP contribution in [0.25, 0.3) is 0 Å². The predicted molar refractivity (Wildman–Crippen MR) is 150 cm³/mol. The molecule has 0 fully saturated rings. The second-order valence-corrected chi connectivity index (χ2v) is 11.5. The number of nitrogens with zero attached hydrogens (tertiary/aromatic N) is 2. The second kappa shape index (κ2) is 13.5. The van der Waals surface area contributed by atoms with E-state index in [-0.39, 0.29) is 29.9 Å². The van der Waals surface area contributed by atoms with E-state index in [1.54, 1.807) is 43.5 Å². The Balaban J connectivity index is 1.99. The van der Waals surface area contributed by atoms with Crippen molar-refractivity contribution in [3.05, 3.63) is 48.0 Å². The van der Waals surface area contributed by atoms with Gasteiger partial charge in [-0.2, -0.15) is 0 Å². The van der Waals surface area contributed by atoms with Gasteiger partial charge >= 0.3 is 0 Å². The van der Waals surface area contributed by atoms with Crippen LogP contribution in [0.15, 0.2) is 42.5 Å². The van der Waals surface area contributed by atoms with Gasteiger partial charge < -0.3 is 24.4 Å². The highest BCUT2D eigenvalue weighted by atomic mass is 32.2. The quantitative estimate of drug-likeness (QED) is 0.399. The number of nitrogens with one attached hydrogen (secondary N) is 1. The van der Waals surface area contributed by atoms with Crippen LogP contribution in [0.5, 0.6) is 17.2 Å². The van der Waals surface area contributed by atoms with Crippen LogP contribution in [0.3, 0.4) is 0 Å². The Morgan fingerprint density at radius 3 is 2.38 bits per heavy atom. The summed E-state index contributed by atoms with van der Waals surface area (Å²) < 4.78 is 44.0. The molecule has 0 unspecified atom stereocenters. The first-order chi connectivity index (χ1) is 18.6. The minimum atomic E-state index is -3.86. The molecule has 1 aliphatic rings. The lowest BCUT2D eigenvalue weighted by Gasteiger charge is -2.34. The molecule has 2 amide bonds. The van der Waals surface area contributed by atoms with E-state index in [4.69, 9.17) is 14.2 Å². The smallest absolute Gasteiger partial charge is 0.244 e. The number of carbonyl (C=O) groups is 2. The monoisotopic (exact) mass is 561 g/mol. The largest absolute Gasteiger partial charge is 0.497 e. The van der Waals surface area contributed by atoms with Gasteiger partial charge in [-0.3, -0.25) is 13.9 Å². The molecule has 0 bridgehead atoms. The standard InChI is InChI=1S/C28H39N3O7S/c1-6-20(4)29-28(33)24(7-2)30(18-21-10-9-11-23(16-21)36-5)27(32)19-31(39(34,35)8-3)22-12-13-25-26(17-22)38-15-14-37-25/h9-13,16-17,20,24H,6-8,14-15,18-19H2,1-5H3,(H,29,33)/t20-,24+/m0/s1. The molecular weight excluding hydrogens is 522 g/mol. The maximum Gasteiger partial charge on any atom is 0.244 e. The van der Waals surface area contributed by atoms with E-state index in [0.717, 1.165) is 16.3 Å². The SMILES string of the molecule is CC[C@H](C(=O)N[C@@H](C)CC)N(Cc1cccc(OC)c1)C(=O)CN(c1ccc2c(c1)OCCO2)S(=O)(=O)CC. The highest BCUT2D eigenvalue weighted by Crippen LogP contribution is 2.35. The average Bonchev–Trinajstić information content (AvgIpc) is 2.95. The van der Waals surface area contributed by atoms with Gasteiger partial charge in [0, 0.05) is 18.7 Å². The summed E-state index contributed by atoms with van der Waals surface area (Å²) in [4.78, 5) is 28.7. The van der Waals surface area contributed by atoms with Crippen LogP contribution in [-0.2, 0) is 26.2 Å². The minimum absolute atomic E-state index is 0.0741. The summed E-state index contributed by atoms with van der Waals surface area (Å²) in [6, 6.07) is 11.1. The summed E-state index contributed by atoms with van der Waals surface area (Å²) in [6.07, 6.45) is 1.08. The number of benzene rings is 2. The van der Waals surface area contributed by atoms with Crippen molar-refractivity contribution < 1.29 is 32.2 Å². The minimum Gasteiger partial charge on any atom is -0.497 e. The van der Waals surface area contributed by atoms with Gasteiger partial charge in [-0.25, -0.2) is 8.42 Å². The fourth-order valence-electron chi connectivity index (χ4n) is 4.24. The lowest BCUT2D eigenvalue weighted by atomic mass is 10.1. The van der Waals surface area contributed by atoms with Crippen molar-refractivity contribution in [1.82, 2.24) is 10.2 Å². The van der Waals surface area contributed by atoms with Crippen molar-refractivity contribution in [2.45, 2.75) is 59.2 Å². The third kappa shape index (κ3) is 7.56. The summed E-state index contributed by atoms with van der Waals surface area (Å²) in [5.41, 5.74) is 1.04. The zero-order valence-electron chi connectivity index (χ0n) is 23.3. The molecule has 10 nitrogen and oxygen atoms in total. The molecule has 2 aromatic rings. The summed E-state index contributed by atoms with van der Waals surface area (Å²) in [7, 11) is -2.31. The number of rotatable bonds is 13. The van der Waals surface area contributed by atoms with Crippen LogP contribution in [0, 0.1) is 0 Å². The first-order valence-electron chi connectivity index (χ1n) is 13.3. The third-order valence-corrected chi connectivity index (χ3v) is 8.41. The molecule has 39 heavy (non-hydrogen) atoms. The Bertz CT molecular complexity index is 1250. The summed E-state index contributed by atoms with van der Waals surface area (Å²) >= 11 is 0. The van der Waals surface area contributed by atoms with Crippen LogP contribution < -0.4 is 23.8 Å². The Morgan fingerprint density at radius 1 is 1.03 bits per heavy atom. The molecule has 1 aliphatic heterocycles. The van der Waals surface area contributed by atoms with Gasteiger partial charge in [0.25, 0.3) is 0 Å². The molecule has 0 aromatic heterocycles. The number of amides is 2. The van der Waals surface area contributed by atoms with E-state index < -0.39 is 28.5 Å². The van der Waals surface area contributed by atoms with Gasteiger partial charge in [0.05, 0.1) is 18.6 Å². The van der Waals surface area contributed by atoms with Gasteiger partial charge in [-0.05, 0) is 56.5 Å². The van der Waals surface area contributed by atoms with E-state index in [1.807, 2.05) is 26.8 Å². The van der Waals surface area contributed by atoms with Gasteiger partial charge in [-0.15, -0.1) is 0 Å². The van der Waals surface area contributed by atoms with Crippen molar-refractivity contribution in [3.63, 3.8) is 0 Å². The zero-order chi connectivity index (χ0) is 28.6. The molecule has 0 aliphatic carbocycles. The van der Waals surface area contributed by atoms with E-state index in [1.165, 1.54) is 11.8 Å². The second-order valence-electron chi connectivity index (χ2n) is 9.35. The van der Waals surface area contributed by atoms with Crippen molar-refractivity contribution in [3.8, 4) is 17.2 Å². The van der Waals surface area contributed by atoms with Crippen molar-refractivity contribution >= 4 is 27.5 Å². The van der Waals surface area contributed by atoms with Crippen LogP contribution in [0.4, 0.5) is 5.69 Å². The Hall–Kier alpha value is -3.47. The number of hydrogen-bond donors (Lipinski definition) is 1. The molecule has 11 heteroatoms. The van der Waals surface area contributed by atoms with Crippen LogP contribution in [0.2, 0.25) is 0 Å². The molecule has 1 N–H and O–H groups in total. The summed E-state index contributed by atoms with van der Waals surface area (Å²) in [5.74, 6) is 0.537. The van der Waals surface area contributed by atoms with Crippen molar-refractivity contribution in [1.29, 1.82) is 0 Å². The highest BCUT2D eigenvalue weighted by Gasteiger charge is 2.33. The topological polar surface area (TPSA) is 114 Å². The number of carbonyl (C=O) groups excluding carboxylic acids is 2. The van der Waals surface area contributed by atoms with E-state index in [0.29, 0.717) is 36.9 Å². The number of fused-ring (bicyclic) bond motifs is 1. The molecule has 0 spiro atoms. The van der Waals surface area contributed by atoms with Gasteiger partial charge in [0.15, 0.2) is 11.5 Å². The fraction of sp³-hybridized carbons (Fsp3) is 0.500. The summed E-state index contributed by atoms with van der Waals surface area (Å²) in [5, 5.41) is 2.97. The van der Waals surface area contributed by atoms with Gasteiger partial charge in [0.1, 0.15) is 31.5 Å². The number of hydrogen-bond acceptors (Lipinski definition) is 7. The Kier molecular flexibility index (Phi) is 10.4. The molecular formula is C28H39N3O7S. The normalized spacial score (nSPS) is 14.2. The first-order valence-corrected chi connectivity index (χ1v) is 14.9. The van der Waals surface area contributed by atoms with Crippen molar-refractivity contribution in [2.75, 3.05) is 36.9 Å². The first kappa shape index (κ1) is 30.1. The Labute approximate surface area is 231 Å². The van der Waals surface area contributed by atoms with Crippen molar-refractivity contribution in [2.24, 2.45) is 0 Å². The number of ether oxygens (including phenoxy) is 3. The molecule has 214 valence electrons. The van der Waals surface area contributed by atoms with Gasteiger partial charge in [-0.1, -0.05) is 26.0 Å². The average molecular weight is 562 g/mol. The number of anilines is 1. The van der Waals surface area contributed by atoms with Crippen LogP contribution in [0.1, 0.15) is 46.1 Å². The van der Waals surface area contributed by atoms with E-state index >= 15 is 0 Å². The highest BCUT2D eigenvalue weighted by molar-refractivity contribution is 7.92. The van der Waals surface area contributed by atoms with Gasteiger partial charge in [0.2, 0.25) is 21.8 Å². The maximum atomic E-state index is 13.9. The molecule has 2 aromatic carbocycles. The zero-order valence-corrected chi connectivity index (χ0v) is 24.1. The molecule has 0 radical (unpaired) electrons. The fourth-order valence-corrected chi connectivity index (χ4v) is 5.29. The molecule has 1 heterocycles.